The van der Waals surface area contributed by atoms with E-state index in [9.17, 15) is 4.79 Å². The topological polar surface area (TPSA) is 69.8 Å². The Labute approximate surface area is 140 Å². The summed E-state index contributed by atoms with van der Waals surface area (Å²) in [5, 5.41) is 4.13. The number of nitrogens with one attached hydrogen (secondary N) is 1. The molecule has 3 aromatic carbocycles. The Kier molecular flexibility index (Phi) is 2.26. The summed E-state index contributed by atoms with van der Waals surface area (Å²) in [6.45, 7) is 0.372. The molecule has 4 aromatic rings. The quantitative estimate of drug-likeness (QED) is 0.500. The molecule has 0 unspecified atom stereocenters. The van der Waals surface area contributed by atoms with E-state index >= 15 is 0 Å². The third kappa shape index (κ3) is 1.60. The van der Waals surface area contributed by atoms with Gasteiger partial charge in [-0.15, -0.1) is 0 Å². The van der Waals surface area contributed by atoms with Gasteiger partial charge in [0.05, 0.1) is 10.9 Å². The number of ether oxygens (including phenoxy) is 4. The fourth-order valence-electron chi connectivity index (χ4n) is 3.67. The third-order valence-electron chi connectivity index (χ3n) is 4.80. The van der Waals surface area contributed by atoms with Crippen LogP contribution in [0.3, 0.4) is 0 Å². The largest absolute Gasteiger partial charge is 0.454 e. The van der Waals surface area contributed by atoms with Gasteiger partial charge in [0.25, 0.3) is 5.56 Å². The summed E-state index contributed by atoms with van der Waals surface area (Å²) in [6, 6.07) is 11.4. The maximum absolute atomic E-state index is 12.7. The molecule has 25 heavy (non-hydrogen) atoms. The normalized spacial score (nSPS) is 14.7. The van der Waals surface area contributed by atoms with Crippen LogP contribution in [0.5, 0.6) is 23.0 Å². The van der Waals surface area contributed by atoms with Crippen LogP contribution in [-0.2, 0) is 0 Å². The molecule has 1 N–H and O–H groups in total. The molecule has 6 nitrogen and oxygen atoms in total. The Morgan fingerprint density at radius 1 is 0.760 bits per heavy atom. The molecule has 0 aliphatic carbocycles. The highest BCUT2D eigenvalue weighted by molar-refractivity contribution is 6.17. The Bertz CT molecular complexity index is 1270. The van der Waals surface area contributed by atoms with Gasteiger partial charge in [-0.3, -0.25) is 4.79 Å². The van der Waals surface area contributed by atoms with Gasteiger partial charge >= 0.3 is 0 Å². The summed E-state index contributed by atoms with van der Waals surface area (Å²) in [7, 11) is 0. The van der Waals surface area contributed by atoms with Gasteiger partial charge in [0.15, 0.2) is 23.0 Å². The average Bonchev–Trinajstić information content (AvgIpc) is 3.28. The molecule has 0 amide bonds. The number of rotatable bonds is 0. The molecule has 0 fully saturated rings. The SMILES string of the molecule is O=c1[nH]c2c3cc4c(cc3ccc2c2c3c(ccc12)OCO3)OCO4. The number of hydrogen-bond acceptors (Lipinski definition) is 5. The number of benzene rings is 3. The van der Waals surface area contributed by atoms with Crippen molar-refractivity contribution in [3.63, 3.8) is 0 Å². The van der Waals surface area contributed by atoms with E-state index < -0.39 is 0 Å². The molecule has 122 valence electrons. The van der Waals surface area contributed by atoms with Crippen LogP contribution < -0.4 is 24.5 Å². The molecule has 2 aliphatic heterocycles. The Morgan fingerprint density at radius 2 is 1.52 bits per heavy atom. The standard InChI is InChI=1S/C19H11NO5/c21-19-11-3-4-13-18(25-8-22-13)16(11)10-2-1-9-5-14-15(24-7-23-14)6-12(9)17(10)20-19/h1-6H,7-8H2,(H,20,21). The minimum absolute atomic E-state index is 0.161. The zero-order chi connectivity index (χ0) is 16.5. The number of pyridine rings is 1. The lowest BCUT2D eigenvalue weighted by Gasteiger charge is -2.10. The van der Waals surface area contributed by atoms with E-state index in [2.05, 4.69) is 4.98 Å². The molecule has 6 heteroatoms. The Hall–Kier alpha value is -3.41. The monoisotopic (exact) mass is 333 g/mol. The zero-order valence-corrected chi connectivity index (χ0v) is 12.9. The third-order valence-corrected chi connectivity index (χ3v) is 4.80. The lowest BCUT2D eigenvalue weighted by atomic mass is 10.00. The van der Waals surface area contributed by atoms with Crippen LogP contribution in [0, 0.1) is 0 Å². The highest BCUT2D eigenvalue weighted by Crippen LogP contribution is 2.43. The van der Waals surface area contributed by atoms with E-state index in [0.29, 0.717) is 28.4 Å². The predicted molar refractivity (Wildman–Crippen MR) is 91.8 cm³/mol. The molecule has 0 spiro atoms. The van der Waals surface area contributed by atoms with Crippen molar-refractivity contribution in [1.29, 1.82) is 0 Å². The Balaban J connectivity index is 1.84. The number of aromatic nitrogens is 1. The summed E-state index contributed by atoms with van der Waals surface area (Å²) in [5.41, 5.74) is 0.586. The second-order valence-electron chi connectivity index (χ2n) is 6.09. The maximum Gasteiger partial charge on any atom is 0.256 e. The minimum Gasteiger partial charge on any atom is -0.454 e. The predicted octanol–water partition coefficient (Wildman–Crippen LogP) is 3.29. The fraction of sp³-hybridized carbons (Fsp3) is 0.105. The first kappa shape index (κ1) is 12.9. The molecule has 0 saturated carbocycles. The lowest BCUT2D eigenvalue weighted by Crippen LogP contribution is -2.07. The fourth-order valence-corrected chi connectivity index (χ4v) is 3.67. The molecule has 0 radical (unpaired) electrons. The summed E-state index contributed by atoms with van der Waals surface area (Å²) < 4.78 is 22.0. The van der Waals surface area contributed by atoms with Gasteiger partial charge in [0, 0.05) is 16.2 Å². The maximum atomic E-state index is 12.7. The van der Waals surface area contributed by atoms with E-state index in [1.807, 2.05) is 24.3 Å². The molecule has 1 aromatic heterocycles. The van der Waals surface area contributed by atoms with E-state index in [4.69, 9.17) is 18.9 Å². The van der Waals surface area contributed by atoms with Gasteiger partial charge in [-0.05, 0) is 29.7 Å². The van der Waals surface area contributed by atoms with Crippen molar-refractivity contribution in [2.24, 2.45) is 0 Å². The molecule has 3 heterocycles. The molecule has 0 atom stereocenters. The minimum atomic E-state index is -0.161. The molecule has 0 saturated heterocycles. The lowest BCUT2D eigenvalue weighted by molar-refractivity contribution is 0.174. The molecular formula is C19H11NO5. The second kappa shape index (κ2) is 4.36. The van der Waals surface area contributed by atoms with E-state index in [1.54, 1.807) is 12.1 Å². The summed E-state index contributed by atoms with van der Waals surface area (Å²) >= 11 is 0. The zero-order valence-electron chi connectivity index (χ0n) is 12.9. The summed E-state index contributed by atoms with van der Waals surface area (Å²) in [4.78, 5) is 15.7. The van der Waals surface area contributed by atoms with Crippen molar-refractivity contribution in [2.45, 2.75) is 0 Å². The van der Waals surface area contributed by atoms with E-state index in [1.165, 1.54) is 0 Å². The number of aromatic amines is 1. The number of fused-ring (bicyclic) bond motifs is 8. The van der Waals surface area contributed by atoms with Crippen LogP contribution in [0.2, 0.25) is 0 Å². The van der Waals surface area contributed by atoms with Gasteiger partial charge < -0.3 is 23.9 Å². The van der Waals surface area contributed by atoms with Gasteiger partial charge in [0.2, 0.25) is 13.6 Å². The first-order chi connectivity index (χ1) is 12.3. The molecule has 6 rings (SSSR count). The van der Waals surface area contributed by atoms with Crippen molar-refractivity contribution in [3.8, 4) is 23.0 Å². The first-order valence-corrected chi connectivity index (χ1v) is 7.90. The van der Waals surface area contributed by atoms with Crippen molar-refractivity contribution in [1.82, 2.24) is 4.98 Å². The number of H-pyrrole nitrogens is 1. The molecular weight excluding hydrogens is 322 g/mol. The van der Waals surface area contributed by atoms with E-state index in [-0.39, 0.29) is 19.1 Å². The average molecular weight is 333 g/mol. The van der Waals surface area contributed by atoms with E-state index in [0.717, 1.165) is 27.1 Å². The van der Waals surface area contributed by atoms with Crippen molar-refractivity contribution >= 4 is 32.4 Å². The number of hydrogen-bond donors (Lipinski definition) is 1. The van der Waals surface area contributed by atoms with Gasteiger partial charge in [-0.25, -0.2) is 0 Å². The van der Waals surface area contributed by atoms with Gasteiger partial charge in [-0.2, -0.15) is 0 Å². The van der Waals surface area contributed by atoms with Crippen LogP contribution in [0.4, 0.5) is 0 Å². The van der Waals surface area contributed by atoms with Gasteiger partial charge in [-0.1, -0.05) is 12.1 Å². The second-order valence-corrected chi connectivity index (χ2v) is 6.09. The van der Waals surface area contributed by atoms with Crippen LogP contribution in [0.25, 0.3) is 32.4 Å². The van der Waals surface area contributed by atoms with Crippen LogP contribution in [0.15, 0.2) is 41.2 Å². The van der Waals surface area contributed by atoms with Crippen molar-refractivity contribution in [2.75, 3.05) is 13.6 Å². The molecule has 2 aliphatic rings. The van der Waals surface area contributed by atoms with Crippen molar-refractivity contribution in [3.05, 3.63) is 46.8 Å². The van der Waals surface area contributed by atoms with Gasteiger partial charge in [0.1, 0.15) is 0 Å². The summed E-state index contributed by atoms with van der Waals surface area (Å²) in [5.74, 6) is 2.67. The van der Waals surface area contributed by atoms with Crippen LogP contribution in [-0.4, -0.2) is 18.6 Å². The van der Waals surface area contributed by atoms with Crippen molar-refractivity contribution < 1.29 is 18.9 Å². The highest BCUT2D eigenvalue weighted by atomic mass is 16.7. The summed E-state index contributed by atoms with van der Waals surface area (Å²) in [6.07, 6.45) is 0. The first-order valence-electron chi connectivity index (χ1n) is 7.90. The van der Waals surface area contributed by atoms with Crippen LogP contribution >= 0.6 is 0 Å². The highest BCUT2D eigenvalue weighted by Gasteiger charge is 2.22. The van der Waals surface area contributed by atoms with Crippen LogP contribution in [0.1, 0.15) is 0 Å². The Morgan fingerprint density at radius 3 is 2.44 bits per heavy atom. The molecule has 0 bridgehead atoms. The smallest absolute Gasteiger partial charge is 0.256 e.